The lowest BCUT2D eigenvalue weighted by atomic mass is 9.95. The number of rotatable bonds is 10. The van der Waals surface area contributed by atoms with Crippen molar-refractivity contribution in [3.63, 3.8) is 0 Å². The quantitative estimate of drug-likeness (QED) is 0.146. The predicted molar refractivity (Wildman–Crippen MR) is 248 cm³/mol. The van der Waals surface area contributed by atoms with Crippen LogP contribution in [0.4, 0.5) is 0 Å². The first-order valence-electron chi connectivity index (χ1n) is 19.4. The van der Waals surface area contributed by atoms with Crippen LogP contribution in [0, 0.1) is 13.8 Å². The molecule has 9 aromatic rings. The summed E-state index contributed by atoms with van der Waals surface area (Å²) in [6, 6.07) is 59.7. The van der Waals surface area contributed by atoms with Crippen molar-refractivity contribution in [1.29, 1.82) is 0 Å². The Morgan fingerprint density at radius 1 is 0.541 bits per heavy atom. The molecule has 0 fully saturated rings. The van der Waals surface area contributed by atoms with E-state index in [-0.39, 0.29) is 7.43 Å². The first kappa shape index (κ1) is 41.9. The van der Waals surface area contributed by atoms with Crippen LogP contribution in [0.25, 0.3) is 79.2 Å². The number of oxazole rings is 2. The van der Waals surface area contributed by atoms with E-state index in [0.717, 1.165) is 77.3 Å². The van der Waals surface area contributed by atoms with Crippen molar-refractivity contribution in [3.05, 3.63) is 198 Å². The number of hydrogen-bond donors (Lipinski definition) is 1. The third-order valence-corrected chi connectivity index (χ3v) is 10.9. The van der Waals surface area contributed by atoms with Crippen molar-refractivity contribution in [1.82, 2.24) is 9.97 Å². The molecule has 2 aromatic heterocycles. The standard InChI is InChI=1S/C30H23NO4.C22H16BrNO.CH4/c1-20-10-8-17-25(27(20)23-15-9-16-24(18-23)34-19-26(32)33)30-31-28(21-11-4-2-5-12-21)29(35-30)22-13-6-3-7-14-22;1-15-9-8-14-18(19(15)23)22-24-20(16-10-4-2-5-11-16)21(25-22)17-12-6-3-7-13-17;/h2-18H,19H2,1H3,(H,32,33);2-14H,1H3;1H4. The molecule has 8 heteroatoms. The lowest BCUT2D eigenvalue weighted by Gasteiger charge is -2.12. The van der Waals surface area contributed by atoms with Crippen LogP contribution < -0.4 is 4.74 Å². The molecule has 9 rings (SSSR count). The van der Waals surface area contributed by atoms with Gasteiger partial charge in [-0.25, -0.2) is 14.8 Å². The number of carboxylic acids is 1. The minimum Gasteiger partial charge on any atom is -0.482 e. The Balaban J connectivity index is 0.000000191. The number of benzene rings is 7. The summed E-state index contributed by atoms with van der Waals surface area (Å²) in [5.74, 6) is 2.09. The molecule has 0 aliphatic rings. The summed E-state index contributed by atoms with van der Waals surface area (Å²) in [5, 5.41) is 8.97. The van der Waals surface area contributed by atoms with Gasteiger partial charge >= 0.3 is 5.97 Å². The third-order valence-electron chi connectivity index (χ3n) is 9.83. The maximum Gasteiger partial charge on any atom is 0.341 e. The van der Waals surface area contributed by atoms with Crippen molar-refractivity contribution in [2.24, 2.45) is 0 Å². The highest BCUT2D eigenvalue weighted by molar-refractivity contribution is 9.10. The van der Waals surface area contributed by atoms with Crippen LogP contribution >= 0.6 is 15.9 Å². The van der Waals surface area contributed by atoms with E-state index in [1.54, 1.807) is 6.07 Å². The van der Waals surface area contributed by atoms with Gasteiger partial charge in [-0.3, -0.25) is 0 Å². The normalized spacial score (nSPS) is 10.6. The fourth-order valence-corrected chi connectivity index (χ4v) is 7.39. The molecule has 0 spiro atoms. The molecule has 0 aliphatic carbocycles. The highest BCUT2D eigenvalue weighted by Gasteiger charge is 2.22. The minimum atomic E-state index is -1.02. The molecule has 0 saturated carbocycles. The largest absolute Gasteiger partial charge is 0.482 e. The SMILES string of the molecule is C.Cc1cccc(-c2nc(-c3ccccc3)c(-c3ccccc3)o2)c1-c1cccc(OCC(=O)O)c1.Cc1cccc(-c2nc(-c3ccccc3)c(-c3ccccc3)o2)c1Br. The molecule has 7 nitrogen and oxygen atoms in total. The third kappa shape index (κ3) is 9.46. The van der Waals surface area contributed by atoms with Crippen LogP contribution in [-0.2, 0) is 4.79 Å². The summed E-state index contributed by atoms with van der Waals surface area (Å²) in [6.45, 7) is 3.69. The summed E-state index contributed by atoms with van der Waals surface area (Å²) in [4.78, 5) is 20.7. The molecule has 0 atom stereocenters. The lowest BCUT2D eigenvalue weighted by Crippen LogP contribution is -2.09. The molecule has 0 unspecified atom stereocenters. The maximum absolute atomic E-state index is 10.9. The van der Waals surface area contributed by atoms with Crippen molar-refractivity contribution in [3.8, 4) is 84.9 Å². The van der Waals surface area contributed by atoms with E-state index in [4.69, 9.17) is 28.6 Å². The predicted octanol–water partition coefficient (Wildman–Crippen LogP) is 14.5. The van der Waals surface area contributed by atoms with E-state index >= 15 is 0 Å². The van der Waals surface area contributed by atoms with Gasteiger partial charge in [-0.2, -0.15) is 0 Å². The van der Waals surface area contributed by atoms with Gasteiger partial charge in [0.05, 0.1) is 5.56 Å². The van der Waals surface area contributed by atoms with E-state index in [0.29, 0.717) is 23.3 Å². The number of hydrogen-bond acceptors (Lipinski definition) is 6. The van der Waals surface area contributed by atoms with Crippen molar-refractivity contribution >= 4 is 21.9 Å². The number of aliphatic carboxylic acids is 1. The van der Waals surface area contributed by atoms with E-state index in [9.17, 15) is 4.79 Å². The molecular formula is C53H43BrN2O5. The summed E-state index contributed by atoms with van der Waals surface area (Å²) in [5.41, 5.74) is 11.5. The Bertz CT molecular complexity index is 2760. The Labute approximate surface area is 364 Å². The van der Waals surface area contributed by atoms with Gasteiger partial charge in [-0.15, -0.1) is 0 Å². The Morgan fingerprint density at radius 3 is 1.48 bits per heavy atom. The number of halogens is 1. The number of aromatic nitrogens is 2. The molecule has 0 bridgehead atoms. The number of ether oxygens (including phenoxy) is 1. The molecule has 61 heavy (non-hydrogen) atoms. The molecular weight excluding hydrogens is 824 g/mol. The van der Waals surface area contributed by atoms with Gasteiger partial charge in [-0.05, 0) is 76.3 Å². The topological polar surface area (TPSA) is 98.6 Å². The van der Waals surface area contributed by atoms with Crippen LogP contribution in [0.5, 0.6) is 5.75 Å². The maximum atomic E-state index is 10.9. The molecule has 2 heterocycles. The zero-order chi connectivity index (χ0) is 41.4. The Kier molecular flexibility index (Phi) is 13.2. The molecule has 0 radical (unpaired) electrons. The van der Waals surface area contributed by atoms with Gasteiger partial charge < -0.3 is 18.7 Å². The fourth-order valence-electron chi connectivity index (χ4n) is 6.95. The van der Waals surface area contributed by atoms with Crippen molar-refractivity contribution in [2.45, 2.75) is 21.3 Å². The van der Waals surface area contributed by atoms with E-state index in [2.05, 4.69) is 41.1 Å². The van der Waals surface area contributed by atoms with Crippen LogP contribution in [0.2, 0.25) is 0 Å². The number of carbonyl (C=O) groups is 1. The van der Waals surface area contributed by atoms with Crippen LogP contribution in [0.15, 0.2) is 195 Å². The van der Waals surface area contributed by atoms with Crippen LogP contribution in [0.1, 0.15) is 18.6 Å². The summed E-state index contributed by atoms with van der Waals surface area (Å²) in [6.07, 6.45) is 0. The van der Waals surface area contributed by atoms with Gasteiger partial charge in [0.25, 0.3) is 0 Å². The smallest absolute Gasteiger partial charge is 0.341 e. The Morgan fingerprint density at radius 2 is 0.967 bits per heavy atom. The van der Waals surface area contributed by atoms with Crippen molar-refractivity contribution < 1.29 is 23.5 Å². The highest BCUT2D eigenvalue weighted by Crippen LogP contribution is 2.41. The summed E-state index contributed by atoms with van der Waals surface area (Å²) >= 11 is 3.66. The molecule has 0 amide bonds. The fraction of sp³-hybridized carbons (Fsp3) is 0.0755. The van der Waals surface area contributed by atoms with Gasteiger partial charge in [0.1, 0.15) is 17.1 Å². The number of carboxylic acid groups (broad SMARTS) is 1. The summed E-state index contributed by atoms with van der Waals surface area (Å²) in [7, 11) is 0. The molecule has 7 aromatic carbocycles. The Hall–Kier alpha value is -7.29. The monoisotopic (exact) mass is 866 g/mol. The first-order valence-corrected chi connectivity index (χ1v) is 20.2. The van der Waals surface area contributed by atoms with Gasteiger partial charge in [0.15, 0.2) is 18.1 Å². The molecule has 302 valence electrons. The van der Waals surface area contributed by atoms with Crippen LogP contribution in [-0.4, -0.2) is 27.7 Å². The van der Waals surface area contributed by atoms with E-state index in [1.807, 2.05) is 165 Å². The van der Waals surface area contributed by atoms with E-state index < -0.39 is 12.6 Å². The molecule has 0 aliphatic heterocycles. The van der Waals surface area contributed by atoms with Crippen molar-refractivity contribution in [2.75, 3.05) is 6.61 Å². The number of aryl methyl sites for hydroxylation is 2. The zero-order valence-corrected chi connectivity index (χ0v) is 34.5. The minimum absolute atomic E-state index is 0. The molecule has 0 saturated heterocycles. The highest BCUT2D eigenvalue weighted by atomic mass is 79.9. The second-order valence-corrected chi connectivity index (χ2v) is 14.8. The van der Waals surface area contributed by atoms with Gasteiger partial charge in [-0.1, -0.05) is 165 Å². The average Bonchev–Trinajstić information content (AvgIpc) is 3.95. The zero-order valence-electron chi connectivity index (χ0n) is 32.9. The van der Waals surface area contributed by atoms with E-state index in [1.165, 1.54) is 0 Å². The second-order valence-electron chi connectivity index (χ2n) is 14.0. The number of nitrogens with zero attached hydrogens (tertiary/aromatic N) is 2. The first-order chi connectivity index (χ1) is 29.3. The molecule has 1 N–H and O–H groups in total. The second kappa shape index (κ2) is 19.2. The summed E-state index contributed by atoms with van der Waals surface area (Å²) < 4.78 is 19.1. The lowest BCUT2D eigenvalue weighted by molar-refractivity contribution is -0.139. The average molecular weight is 868 g/mol. The van der Waals surface area contributed by atoms with Gasteiger partial charge in [0.2, 0.25) is 11.8 Å². The van der Waals surface area contributed by atoms with Crippen LogP contribution in [0.3, 0.4) is 0 Å². The van der Waals surface area contributed by atoms with Gasteiger partial charge in [0, 0.05) is 32.3 Å².